The van der Waals surface area contributed by atoms with Gasteiger partial charge in [0.15, 0.2) is 0 Å². The van der Waals surface area contributed by atoms with Gasteiger partial charge in [-0.3, -0.25) is 14.5 Å². The third kappa shape index (κ3) is 6.68. The maximum absolute atomic E-state index is 12.6. The van der Waals surface area contributed by atoms with Crippen LogP contribution in [0.5, 0.6) is 5.75 Å². The quantitative estimate of drug-likeness (QED) is 0.626. The van der Waals surface area contributed by atoms with Gasteiger partial charge in [-0.2, -0.15) is 0 Å². The molecule has 2 N–H and O–H groups in total. The van der Waals surface area contributed by atoms with Crippen molar-refractivity contribution < 1.29 is 14.3 Å². The predicted molar refractivity (Wildman–Crippen MR) is 122 cm³/mol. The lowest BCUT2D eigenvalue weighted by Gasteiger charge is -2.35. The van der Waals surface area contributed by atoms with E-state index in [4.69, 9.17) is 4.74 Å². The number of hydrogen-bond donors (Lipinski definition) is 2. The fraction of sp³-hybridized carbons (Fsp3) is 0.667. The molecule has 0 saturated carbocycles. The lowest BCUT2D eigenvalue weighted by molar-refractivity contribution is -0.134. The van der Waals surface area contributed by atoms with Crippen LogP contribution >= 0.6 is 0 Å². The molecular weight excluding hydrogens is 392 g/mol. The van der Waals surface area contributed by atoms with E-state index in [2.05, 4.69) is 33.4 Å². The Balaban J connectivity index is 1.48. The van der Waals surface area contributed by atoms with Gasteiger partial charge in [-0.15, -0.1) is 0 Å². The minimum atomic E-state index is -0.427. The van der Waals surface area contributed by atoms with Crippen LogP contribution in [0, 0.1) is 12.8 Å². The van der Waals surface area contributed by atoms with Gasteiger partial charge in [0.1, 0.15) is 5.75 Å². The molecule has 172 valence electrons. The Hall–Kier alpha value is -2.12. The number of carbonyl (C=O) groups excluding carboxylic acids is 2. The Bertz CT molecular complexity index is 746. The summed E-state index contributed by atoms with van der Waals surface area (Å²) in [6.07, 6.45) is 3.65. The fourth-order valence-electron chi connectivity index (χ4n) is 4.70. The normalized spacial score (nSPS) is 21.0. The highest BCUT2D eigenvalue weighted by atomic mass is 16.5. The van der Waals surface area contributed by atoms with Crippen molar-refractivity contribution in [2.24, 2.45) is 5.92 Å². The van der Waals surface area contributed by atoms with E-state index in [0.717, 1.165) is 49.5 Å². The van der Waals surface area contributed by atoms with E-state index < -0.39 is 6.04 Å². The highest BCUT2D eigenvalue weighted by Gasteiger charge is 2.31. The monoisotopic (exact) mass is 430 g/mol. The lowest BCUT2D eigenvalue weighted by atomic mass is 9.93. The van der Waals surface area contributed by atoms with Crippen LogP contribution in [0.4, 0.5) is 0 Å². The van der Waals surface area contributed by atoms with Crippen LogP contribution in [0.2, 0.25) is 0 Å². The highest BCUT2D eigenvalue weighted by molar-refractivity contribution is 5.88. The molecule has 0 unspecified atom stereocenters. The molecule has 2 saturated heterocycles. The molecule has 0 aromatic heterocycles. The summed E-state index contributed by atoms with van der Waals surface area (Å²) in [5, 5.41) is 5.97. The second-order valence-corrected chi connectivity index (χ2v) is 8.80. The zero-order chi connectivity index (χ0) is 22.2. The van der Waals surface area contributed by atoms with Crippen molar-refractivity contribution in [3.05, 3.63) is 29.3 Å². The Morgan fingerprint density at radius 2 is 2.03 bits per heavy atom. The molecule has 2 heterocycles. The molecule has 2 aliphatic rings. The largest absolute Gasteiger partial charge is 0.496 e. The fourth-order valence-corrected chi connectivity index (χ4v) is 4.70. The first kappa shape index (κ1) is 23.5. The van der Waals surface area contributed by atoms with Crippen molar-refractivity contribution >= 4 is 11.8 Å². The number of benzene rings is 1. The Morgan fingerprint density at radius 3 is 2.71 bits per heavy atom. The molecule has 0 radical (unpaired) electrons. The van der Waals surface area contributed by atoms with E-state index in [1.165, 1.54) is 12.8 Å². The molecule has 0 spiro atoms. The van der Waals surface area contributed by atoms with E-state index in [-0.39, 0.29) is 18.2 Å². The van der Waals surface area contributed by atoms with Crippen molar-refractivity contribution in [1.29, 1.82) is 0 Å². The van der Waals surface area contributed by atoms with Crippen LogP contribution in [0.15, 0.2) is 18.2 Å². The molecule has 7 nitrogen and oxygen atoms in total. The number of likely N-dealkylation sites (tertiary alicyclic amines) is 1. The minimum Gasteiger partial charge on any atom is -0.496 e. The number of piperidine rings is 1. The number of nitrogens with zero attached hydrogens (tertiary/aromatic N) is 2. The van der Waals surface area contributed by atoms with E-state index in [1.807, 2.05) is 19.1 Å². The number of carbonyl (C=O) groups is 2. The van der Waals surface area contributed by atoms with Gasteiger partial charge in [-0.05, 0) is 68.9 Å². The van der Waals surface area contributed by atoms with Gasteiger partial charge in [0.05, 0.1) is 19.6 Å². The third-order valence-electron chi connectivity index (χ3n) is 6.69. The number of methoxy groups -OCH3 is 1. The second-order valence-electron chi connectivity index (χ2n) is 8.80. The maximum atomic E-state index is 12.6. The first-order valence-corrected chi connectivity index (χ1v) is 11.6. The Labute approximate surface area is 186 Å². The van der Waals surface area contributed by atoms with E-state index in [1.54, 1.807) is 7.11 Å². The van der Waals surface area contributed by atoms with Crippen LogP contribution in [0.3, 0.4) is 0 Å². The van der Waals surface area contributed by atoms with Crippen molar-refractivity contribution in [2.75, 3.05) is 46.4 Å². The van der Waals surface area contributed by atoms with Gasteiger partial charge in [0.2, 0.25) is 11.8 Å². The van der Waals surface area contributed by atoms with Gasteiger partial charge in [0.25, 0.3) is 0 Å². The topological polar surface area (TPSA) is 73.9 Å². The van der Waals surface area contributed by atoms with Crippen molar-refractivity contribution in [2.45, 2.75) is 52.1 Å². The molecule has 2 aliphatic heterocycles. The molecule has 3 rings (SSSR count). The van der Waals surface area contributed by atoms with E-state index >= 15 is 0 Å². The van der Waals surface area contributed by atoms with E-state index in [9.17, 15) is 9.59 Å². The summed E-state index contributed by atoms with van der Waals surface area (Å²) in [6, 6.07) is 5.65. The number of amides is 2. The summed E-state index contributed by atoms with van der Waals surface area (Å²) >= 11 is 0. The van der Waals surface area contributed by atoms with Crippen LogP contribution in [-0.4, -0.2) is 74.0 Å². The maximum Gasteiger partial charge on any atom is 0.237 e. The summed E-state index contributed by atoms with van der Waals surface area (Å²) in [6.45, 7) is 10.4. The molecule has 7 heteroatoms. The van der Waals surface area contributed by atoms with Crippen molar-refractivity contribution in [1.82, 2.24) is 20.4 Å². The van der Waals surface area contributed by atoms with Gasteiger partial charge in [-0.1, -0.05) is 19.1 Å². The standard InChI is InChI=1S/C24H38N4O3/c1-4-27-12-8-19(9-13-27)7-10-25-23(29)16-21-24(30)26-11-14-28(21)17-20-5-6-22(31-3)18(2)15-20/h5-6,15,19,21H,4,7-14,16-17H2,1-3H3,(H,25,29)(H,26,30)/t21-/m0/s1. The molecule has 1 aromatic rings. The first-order chi connectivity index (χ1) is 15.0. The van der Waals surface area contributed by atoms with E-state index in [0.29, 0.717) is 25.6 Å². The number of nitrogens with one attached hydrogen (secondary N) is 2. The smallest absolute Gasteiger partial charge is 0.237 e. The summed E-state index contributed by atoms with van der Waals surface area (Å²) in [5.74, 6) is 1.45. The number of aryl methyl sites for hydroxylation is 1. The third-order valence-corrected chi connectivity index (χ3v) is 6.69. The average molecular weight is 431 g/mol. The highest BCUT2D eigenvalue weighted by Crippen LogP contribution is 2.22. The minimum absolute atomic E-state index is 0.0380. The van der Waals surface area contributed by atoms with Crippen LogP contribution in [0.25, 0.3) is 0 Å². The predicted octanol–water partition coefficient (Wildman–Crippen LogP) is 1.93. The molecule has 1 atom stereocenters. The molecule has 31 heavy (non-hydrogen) atoms. The zero-order valence-corrected chi connectivity index (χ0v) is 19.3. The summed E-state index contributed by atoms with van der Waals surface area (Å²) in [4.78, 5) is 29.7. The van der Waals surface area contributed by atoms with Gasteiger partial charge in [0, 0.05) is 26.2 Å². The SMILES string of the molecule is CCN1CCC(CCNC(=O)C[C@H]2C(=O)NCCN2Cc2ccc(OC)c(C)c2)CC1. The summed E-state index contributed by atoms with van der Waals surface area (Å²) in [7, 11) is 1.67. The molecular formula is C24H38N4O3. The molecule has 2 amide bonds. The number of piperazine rings is 1. The lowest BCUT2D eigenvalue weighted by Crippen LogP contribution is -2.56. The summed E-state index contributed by atoms with van der Waals surface area (Å²) < 4.78 is 5.34. The molecule has 1 aromatic carbocycles. The second kappa shape index (κ2) is 11.5. The Kier molecular flexibility index (Phi) is 8.72. The van der Waals surface area contributed by atoms with Crippen LogP contribution < -0.4 is 15.4 Å². The average Bonchev–Trinajstić information content (AvgIpc) is 2.77. The number of hydrogen-bond acceptors (Lipinski definition) is 5. The van der Waals surface area contributed by atoms with Crippen LogP contribution in [-0.2, 0) is 16.1 Å². The molecule has 2 fully saturated rings. The first-order valence-electron chi connectivity index (χ1n) is 11.6. The number of ether oxygens (including phenoxy) is 1. The van der Waals surface area contributed by atoms with Crippen molar-refractivity contribution in [3.63, 3.8) is 0 Å². The number of rotatable bonds is 9. The van der Waals surface area contributed by atoms with Gasteiger partial charge < -0.3 is 20.3 Å². The Morgan fingerprint density at radius 1 is 1.26 bits per heavy atom. The van der Waals surface area contributed by atoms with Gasteiger partial charge in [-0.25, -0.2) is 0 Å². The molecule has 0 aliphatic carbocycles. The van der Waals surface area contributed by atoms with Crippen molar-refractivity contribution in [3.8, 4) is 5.75 Å². The summed E-state index contributed by atoms with van der Waals surface area (Å²) in [5.41, 5.74) is 2.19. The molecule has 0 bridgehead atoms. The zero-order valence-electron chi connectivity index (χ0n) is 19.3. The van der Waals surface area contributed by atoms with Crippen LogP contribution in [0.1, 0.15) is 43.7 Å². The van der Waals surface area contributed by atoms with Gasteiger partial charge >= 0.3 is 0 Å².